The minimum absolute atomic E-state index is 0.100. The van der Waals surface area contributed by atoms with Crippen LogP contribution in [-0.2, 0) is 11.2 Å². The van der Waals surface area contributed by atoms with Crippen LogP contribution in [-0.4, -0.2) is 10.1 Å². The molecular weight excluding hydrogens is 246 g/mol. The van der Waals surface area contributed by atoms with Crippen molar-refractivity contribution in [3.63, 3.8) is 0 Å². The summed E-state index contributed by atoms with van der Waals surface area (Å²) in [6.45, 7) is 6.16. The SMILES string of the molecule is CC(C)(C)c1nc(CSc2ccc(N)cc2)no1. The Morgan fingerprint density at radius 2 is 1.89 bits per heavy atom. The van der Waals surface area contributed by atoms with Crippen molar-refractivity contribution in [2.75, 3.05) is 5.73 Å². The predicted octanol–water partition coefficient (Wildman–Crippen LogP) is 3.24. The molecular formula is C13H17N3OS. The molecule has 0 saturated heterocycles. The second kappa shape index (κ2) is 5.02. The summed E-state index contributed by atoms with van der Waals surface area (Å²) < 4.78 is 5.24. The zero-order chi connectivity index (χ0) is 13.2. The highest BCUT2D eigenvalue weighted by molar-refractivity contribution is 7.98. The van der Waals surface area contributed by atoms with Crippen LogP contribution >= 0.6 is 11.8 Å². The number of aromatic nitrogens is 2. The number of nitrogen functional groups attached to an aromatic ring is 1. The molecule has 4 nitrogen and oxygen atoms in total. The van der Waals surface area contributed by atoms with Gasteiger partial charge in [-0.25, -0.2) is 0 Å². The fraction of sp³-hybridized carbons (Fsp3) is 0.385. The zero-order valence-electron chi connectivity index (χ0n) is 10.8. The molecule has 1 heterocycles. The summed E-state index contributed by atoms with van der Waals surface area (Å²) in [4.78, 5) is 5.54. The van der Waals surface area contributed by atoms with Crippen molar-refractivity contribution < 1.29 is 4.52 Å². The predicted molar refractivity (Wildman–Crippen MR) is 73.4 cm³/mol. The van der Waals surface area contributed by atoms with Gasteiger partial charge in [-0.3, -0.25) is 0 Å². The number of nitrogens with zero attached hydrogens (tertiary/aromatic N) is 2. The van der Waals surface area contributed by atoms with Crippen LogP contribution < -0.4 is 5.73 Å². The first-order chi connectivity index (χ1) is 8.45. The minimum Gasteiger partial charge on any atom is -0.399 e. The van der Waals surface area contributed by atoms with E-state index in [2.05, 4.69) is 30.9 Å². The topological polar surface area (TPSA) is 64.9 Å². The van der Waals surface area contributed by atoms with Crippen molar-refractivity contribution in [2.24, 2.45) is 0 Å². The summed E-state index contributed by atoms with van der Waals surface area (Å²) in [6.07, 6.45) is 0. The average Bonchev–Trinajstić information content (AvgIpc) is 2.77. The highest BCUT2D eigenvalue weighted by Crippen LogP contribution is 2.24. The highest BCUT2D eigenvalue weighted by Gasteiger charge is 2.21. The quantitative estimate of drug-likeness (QED) is 0.680. The number of nitrogens with two attached hydrogens (primary N) is 1. The standard InChI is InChI=1S/C13H17N3OS/c1-13(2,3)12-15-11(16-17-12)8-18-10-6-4-9(14)5-7-10/h4-7H,8,14H2,1-3H3. The number of thioether (sulfide) groups is 1. The summed E-state index contributed by atoms with van der Waals surface area (Å²) in [5.41, 5.74) is 6.31. The molecule has 1 aromatic carbocycles. The van der Waals surface area contributed by atoms with E-state index < -0.39 is 0 Å². The van der Waals surface area contributed by atoms with Crippen molar-refractivity contribution in [3.8, 4) is 0 Å². The molecule has 0 atom stereocenters. The first kappa shape index (κ1) is 13.0. The molecule has 0 radical (unpaired) electrons. The maximum Gasteiger partial charge on any atom is 0.232 e. The normalized spacial score (nSPS) is 11.7. The van der Waals surface area contributed by atoms with Gasteiger partial charge in [0.05, 0.1) is 5.75 Å². The Balaban J connectivity index is 1.98. The average molecular weight is 263 g/mol. The summed E-state index contributed by atoms with van der Waals surface area (Å²) in [5.74, 6) is 2.10. The molecule has 0 bridgehead atoms. The van der Waals surface area contributed by atoms with E-state index in [0.717, 1.165) is 16.4 Å². The van der Waals surface area contributed by atoms with E-state index in [1.807, 2.05) is 24.3 Å². The molecule has 2 rings (SSSR count). The van der Waals surface area contributed by atoms with E-state index in [-0.39, 0.29) is 5.41 Å². The number of rotatable bonds is 3. The third-order valence-corrected chi connectivity index (χ3v) is 3.37. The van der Waals surface area contributed by atoms with E-state index in [4.69, 9.17) is 10.3 Å². The lowest BCUT2D eigenvalue weighted by Gasteiger charge is -2.10. The molecule has 1 aromatic heterocycles. The van der Waals surface area contributed by atoms with Crippen LogP contribution in [0.25, 0.3) is 0 Å². The molecule has 5 heteroatoms. The monoisotopic (exact) mass is 263 g/mol. The van der Waals surface area contributed by atoms with Crippen LogP contribution in [0.2, 0.25) is 0 Å². The summed E-state index contributed by atoms with van der Waals surface area (Å²) in [5, 5.41) is 3.98. The van der Waals surface area contributed by atoms with Gasteiger partial charge in [0.1, 0.15) is 0 Å². The molecule has 0 aliphatic heterocycles. The highest BCUT2D eigenvalue weighted by atomic mass is 32.2. The van der Waals surface area contributed by atoms with Gasteiger partial charge in [0.2, 0.25) is 5.89 Å². The van der Waals surface area contributed by atoms with E-state index in [0.29, 0.717) is 11.6 Å². The van der Waals surface area contributed by atoms with Gasteiger partial charge < -0.3 is 10.3 Å². The summed E-state index contributed by atoms with van der Waals surface area (Å²) >= 11 is 1.67. The number of hydrogen-bond acceptors (Lipinski definition) is 5. The lowest BCUT2D eigenvalue weighted by molar-refractivity contribution is 0.319. The van der Waals surface area contributed by atoms with E-state index in [9.17, 15) is 0 Å². The maximum absolute atomic E-state index is 5.64. The van der Waals surface area contributed by atoms with Gasteiger partial charge in [-0.2, -0.15) is 4.98 Å². The van der Waals surface area contributed by atoms with Crippen molar-refractivity contribution in [1.82, 2.24) is 10.1 Å². The molecule has 0 fully saturated rings. The third-order valence-electron chi connectivity index (χ3n) is 2.36. The first-order valence-electron chi connectivity index (χ1n) is 5.76. The molecule has 0 saturated carbocycles. The van der Waals surface area contributed by atoms with Crippen molar-refractivity contribution >= 4 is 17.4 Å². The Morgan fingerprint density at radius 3 is 2.44 bits per heavy atom. The van der Waals surface area contributed by atoms with Crippen molar-refractivity contribution in [2.45, 2.75) is 36.8 Å². The van der Waals surface area contributed by atoms with Gasteiger partial charge in [-0.1, -0.05) is 25.9 Å². The summed E-state index contributed by atoms with van der Waals surface area (Å²) in [7, 11) is 0. The van der Waals surface area contributed by atoms with Crippen LogP contribution in [0, 0.1) is 0 Å². The van der Waals surface area contributed by atoms with Crippen LogP contribution in [0.15, 0.2) is 33.7 Å². The Morgan fingerprint density at radius 1 is 1.22 bits per heavy atom. The largest absolute Gasteiger partial charge is 0.399 e. The smallest absolute Gasteiger partial charge is 0.232 e. The maximum atomic E-state index is 5.64. The molecule has 0 aliphatic rings. The lowest BCUT2D eigenvalue weighted by atomic mass is 9.97. The third kappa shape index (κ3) is 3.26. The van der Waals surface area contributed by atoms with Gasteiger partial charge in [0.15, 0.2) is 5.82 Å². The van der Waals surface area contributed by atoms with E-state index >= 15 is 0 Å². The van der Waals surface area contributed by atoms with E-state index in [1.165, 1.54) is 0 Å². The van der Waals surface area contributed by atoms with Gasteiger partial charge >= 0.3 is 0 Å². The number of anilines is 1. The van der Waals surface area contributed by atoms with Crippen LogP contribution in [0.3, 0.4) is 0 Å². The molecule has 0 spiro atoms. The molecule has 18 heavy (non-hydrogen) atoms. The Labute approximate surface area is 111 Å². The number of hydrogen-bond donors (Lipinski definition) is 1. The fourth-order valence-corrected chi connectivity index (χ4v) is 2.07. The molecule has 0 unspecified atom stereocenters. The van der Waals surface area contributed by atoms with Crippen LogP contribution in [0.1, 0.15) is 32.5 Å². The van der Waals surface area contributed by atoms with E-state index in [1.54, 1.807) is 11.8 Å². The lowest BCUT2D eigenvalue weighted by Crippen LogP contribution is -2.11. The second-order valence-corrected chi connectivity index (χ2v) is 6.17. The Hall–Kier alpha value is -1.49. The molecule has 2 aromatic rings. The molecule has 0 aliphatic carbocycles. The van der Waals surface area contributed by atoms with Gasteiger partial charge in [-0.05, 0) is 24.3 Å². The Kier molecular flexibility index (Phi) is 3.61. The molecule has 96 valence electrons. The van der Waals surface area contributed by atoms with Gasteiger partial charge in [-0.15, -0.1) is 11.8 Å². The first-order valence-corrected chi connectivity index (χ1v) is 6.75. The summed E-state index contributed by atoms with van der Waals surface area (Å²) in [6, 6.07) is 7.76. The van der Waals surface area contributed by atoms with Crippen molar-refractivity contribution in [3.05, 3.63) is 36.0 Å². The number of benzene rings is 1. The zero-order valence-corrected chi connectivity index (χ0v) is 11.6. The van der Waals surface area contributed by atoms with Gasteiger partial charge in [0.25, 0.3) is 0 Å². The molecule has 0 amide bonds. The van der Waals surface area contributed by atoms with Crippen LogP contribution in [0.5, 0.6) is 0 Å². The van der Waals surface area contributed by atoms with Crippen LogP contribution in [0.4, 0.5) is 5.69 Å². The fourth-order valence-electron chi connectivity index (χ4n) is 1.33. The second-order valence-electron chi connectivity index (χ2n) is 5.12. The van der Waals surface area contributed by atoms with Crippen molar-refractivity contribution in [1.29, 1.82) is 0 Å². The molecule has 2 N–H and O–H groups in total. The Bertz CT molecular complexity index is 514. The van der Waals surface area contributed by atoms with Gasteiger partial charge in [0, 0.05) is 16.0 Å². The minimum atomic E-state index is -0.100.